The summed E-state index contributed by atoms with van der Waals surface area (Å²) in [6.07, 6.45) is 2.34. The molecule has 0 saturated carbocycles. The Morgan fingerprint density at radius 2 is 1.18 bits per heavy atom. The van der Waals surface area contributed by atoms with E-state index in [0.29, 0.717) is 0 Å². The molecule has 0 aromatic heterocycles. The largest absolute Gasteiger partial charge is 0.147 e. The molecule has 0 spiro atoms. The Morgan fingerprint density at radius 1 is 0.706 bits per heavy atom. The zero-order valence-electron chi connectivity index (χ0n) is 8.79. The highest BCUT2D eigenvalue weighted by Gasteiger charge is 2.11. The van der Waals surface area contributed by atoms with Crippen molar-refractivity contribution < 1.29 is 0 Å². The quantitative estimate of drug-likeness (QED) is 0.545. The third kappa shape index (κ3) is 8.67. The Morgan fingerprint density at radius 3 is 1.65 bits per heavy atom. The lowest BCUT2D eigenvalue weighted by molar-refractivity contribution is 1.08. The summed E-state index contributed by atoms with van der Waals surface area (Å²) >= 11 is 0. The van der Waals surface area contributed by atoms with Crippen molar-refractivity contribution in [2.75, 3.05) is 0 Å². The molecule has 1 aliphatic carbocycles. The number of hydrogen-bond donors (Lipinski definition) is 0. The summed E-state index contributed by atoms with van der Waals surface area (Å²) < 4.78 is 0. The molecule has 0 nitrogen and oxygen atoms in total. The van der Waals surface area contributed by atoms with Crippen molar-refractivity contribution in [3.05, 3.63) is 42.0 Å². The van der Waals surface area contributed by atoms with Gasteiger partial charge in [0.2, 0.25) is 0 Å². The predicted molar refractivity (Wildman–Crippen MR) is 94.5 cm³/mol. The first-order valence-electron chi connectivity index (χ1n) is 3.64. The number of fused-ring (bicyclic) bond motifs is 1. The first kappa shape index (κ1) is 36.1. The average molecular weight is 385 g/mol. The van der Waals surface area contributed by atoms with Crippen LogP contribution in [-0.2, 0) is 6.42 Å². The SMILES string of the molecule is C=C1CCc2ccccc21.Cl.Cl.Cl.Cl.Cl.Cl.Cl. The monoisotopic (exact) mass is 382 g/mol. The van der Waals surface area contributed by atoms with Gasteiger partial charge in [-0.05, 0) is 29.5 Å². The molecule has 0 atom stereocenters. The molecule has 0 bridgehead atoms. The van der Waals surface area contributed by atoms with E-state index in [-0.39, 0.29) is 86.8 Å². The fraction of sp³-hybridized carbons (Fsp3) is 0.200. The minimum Gasteiger partial charge on any atom is -0.147 e. The molecule has 7 heteroatoms. The van der Waals surface area contributed by atoms with Crippen LogP contribution >= 0.6 is 86.8 Å². The topological polar surface area (TPSA) is 0 Å². The number of hydrogen-bond acceptors (Lipinski definition) is 0. The molecule has 106 valence electrons. The maximum Gasteiger partial charge on any atom is -0.0198 e. The Kier molecular flexibility index (Phi) is 36.1. The lowest BCUT2D eigenvalue weighted by Crippen LogP contribution is -1.76. The van der Waals surface area contributed by atoms with Crippen LogP contribution in [0.5, 0.6) is 0 Å². The number of halogens is 7. The fourth-order valence-corrected chi connectivity index (χ4v) is 1.50. The second-order valence-electron chi connectivity index (χ2n) is 2.76. The molecule has 0 fully saturated rings. The van der Waals surface area contributed by atoms with Crippen LogP contribution in [0.15, 0.2) is 30.8 Å². The van der Waals surface area contributed by atoms with Crippen molar-refractivity contribution >= 4 is 92.4 Å². The smallest absolute Gasteiger partial charge is 0.0198 e. The van der Waals surface area contributed by atoms with Crippen molar-refractivity contribution in [3.63, 3.8) is 0 Å². The van der Waals surface area contributed by atoms with Crippen LogP contribution in [-0.4, -0.2) is 0 Å². The normalized spacial score (nSPS) is 9.06. The first-order valence-corrected chi connectivity index (χ1v) is 3.64. The molecule has 0 saturated heterocycles. The molecule has 1 aromatic rings. The summed E-state index contributed by atoms with van der Waals surface area (Å²) in [6, 6.07) is 8.52. The van der Waals surface area contributed by atoms with Crippen LogP contribution in [0.4, 0.5) is 0 Å². The Labute approximate surface area is 146 Å². The molecule has 1 aliphatic rings. The van der Waals surface area contributed by atoms with Gasteiger partial charge in [0.05, 0.1) is 0 Å². The molecular formula is C10H17Cl7. The highest BCUT2D eigenvalue weighted by atomic mass is 35.5. The first-order chi connectivity index (χ1) is 4.88. The summed E-state index contributed by atoms with van der Waals surface area (Å²) in [5.41, 5.74) is 4.14. The van der Waals surface area contributed by atoms with Crippen LogP contribution in [0.2, 0.25) is 0 Å². The summed E-state index contributed by atoms with van der Waals surface area (Å²) in [4.78, 5) is 0. The second-order valence-corrected chi connectivity index (χ2v) is 2.76. The van der Waals surface area contributed by atoms with Crippen LogP contribution in [0.25, 0.3) is 5.57 Å². The molecule has 0 N–H and O–H groups in total. The predicted octanol–water partition coefficient (Wildman–Crippen LogP) is 5.60. The molecule has 17 heavy (non-hydrogen) atoms. The van der Waals surface area contributed by atoms with Gasteiger partial charge in [0.15, 0.2) is 0 Å². The number of rotatable bonds is 0. The van der Waals surface area contributed by atoms with E-state index in [9.17, 15) is 0 Å². The van der Waals surface area contributed by atoms with Crippen molar-refractivity contribution in [1.82, 2.24) is 0 Å². The van der Waals surface area contributed by atoms with Gasteiger partial charge in [-0.3, -0.25) is 0 Å². The van der Waals surface area contributed by atoms with Crippen molar-refractivity contribution in [3.8, 4) is 0 Å². The molecule has 0 radical (unpaired) electrons. The standard InChI is InChI=1S/C10H10.7ClH/c1-8-6-7-9-4-2-3-5-10(8)9;;;;;;;/h2-5H,1,6-7H2;7*1H. The molecule has 0 heterocycles. The summed E-state index contributed by atoms with van der Waals surface area (Å²) in [7, 11) is 0. The van der Waals surface area contributed by atoms with Gasteiger partial charge >= 0.3 is 0 Å². The van der Waals surface area contributed by atoms with E-state index in [1.165, 1.54) is 23.1 Å². The summed E-state index contributed by atoms with van der Waals surface area (Å²) in [5, 5.41) is 0. The third-order valence-corrected chi connectivity index (χ3v) is 2.09. The summed E-state index contributed by atoms with van der Waals surface area (Å²) in [5.74, 6) is 0. The lowest BCUT2D eigenvalue weighted by atomic mass is 10.1. The van der Waals surface area contributed by atoms with E-state index < -0.39 is 0 Å². The maximum absolute atomic E-state index is 4.00. The highest BCUT2D eigenvalue weighted by molar-refractivity contribution is 5.86. The molecule has 0 amide bonds. The van der Waals surface area contributed by atoms with E-state index in [1.54, 1.807) is 0 Å². The molecule has 0 unspecified atom stereocenters. The average Bonchev–Trinajstić information content (AvgIpc) is 2.34. The molecule has 1 aromatic carbocycles. The van der Waals surface area contributed by atoms with Gasteiger partial charge in [0.1, 0.15) is 0 Å². The van der Waals surface area contributed by atoms with Crippen molar-refractivity contribution in [1.29, 1.82) is 0 Å². The Balaban J connectivity index is -0.0000000432. The van der Waals surface area contributed by atoms with Crippen LogP contribution < -0.4 is 0 Å². The van der Waals surface area contributed by atoms with Crippen LogP contribution in [0, 0.1) is 0 Å². The Hall–Kier alpha value is 0.990. The van der Waals surface area contributed by atoms with E-state index in [0.717, 1.165) is 6.42 Å². The van der Waals surface area contributed by atoms with Gasteiger partial charge in [-0.1, -0.05) is 30.8 Å². The highest BCUT2D eigenvalue weighted by Crippen LogP contribution is 2.29. The molecule has 0 aliphatic heterocycles. The van der Waals surface area contributed by atoms with E-state index >= 15 is 0 Å². The van der Waals surface area contributed by atoms with Gasteiger partial charge in [0.25, 0.3) is 0 Å². The molecular weight excluding hydrogens is 368 g/mol. The maximum atomic E-state index is 4.00. The van der Waals surface area contributed by atoms with Crippen LogP contribution in [0.1, 0.15) is 17.5 Å². The summed E-state index contributed by atoms with van der Waals surface area (Å²) in [6.45, 7) is 4.00. The zero-order valence-corrected chi connectivity index (χ0v) is 14.5. The van der Waals surface area contributed by atoms with Crippen molar-refractivity contribution in [2.45, 2.75) is 12.8 Å². The Bertz CT molecular complexity index is 288. The third-order valence-electron chi connectivity index (χ3n) is 2.09. The van der Waals surface area contributed by atoms with E-state index in [4.69, 9.17) is 0 Å². The number of allylic oxidation sites excluding steroid dienone is 1. The molecule has 2 rings (SSSR count). The van der Waals surface area contributed by atoms with E-state index in [2.05, 4.69) is 30.8 Å². The number of benzene rings is 1. The minimum absolute atomic E-state index is 0. The van der Waals surface area contributed by atoms with Gasteiger partial charge < -0.3 is 0 Å². The van der Waals surface area contributed by atoms with Crippen molar-refractivity contribution in [2.24, 2.45) is 0 Å². The van der Waals surface area contributed by atoms with Gasteiger partial charge in [-0.25, -0.2) is 0 Å². The lowest BCUT2D eigenvalue weighted by Gasteiger charge is -1.95. The minimum atomic E-state index is 0. The van der Waals surface area contributed by atoms with Gasteiger partial charge in [0, 0.05) is 0 Å². The zero-order chi connectivity index (χ0) is 6.97. The van der Waals surface area contributed by atoms with Gasteiger partial charge in [-0.15, -0.1) is 86.8 Å². The number of aryl methyl sites for hydroxylation is 1. The fourth-order valence-electron chi connectivity index (χ4n) is 1.50. The van der Waals surface area contributed by atoms with E-state index in [1.807, 2.05) is 0 Å². The van der Waals surface area contributed by atoms with Crippen LogP contribution in [0.3, 0.4) is 0 Å². The van der Waals surface area contributed by atoms with Gasteiger partial charge in [-0.2, -0.15) is 0 Å². The second kappa shape index (κ2) is 17.0.